The van der Waals surface area contributed by atoms with Gasteiger partial charge < -0.3 is 20.1 Å². The fourth-order valence-corrected chi connectivity index (χ4v) is 4.43. The molecule has 0 aliphatic rings. The van der Waals surface area contributed by atoms with Gasteiger partial charge in [-0.05, 0) is 16.7 Å². The molecule has 0 aliphatic heterocycles. The Bertz CT molecular complexity index is 1100. The van der Waals surface area contributed by atoms with Gasteiger partial charge in [-0.3, -0.25) is 4.79 Å². The summed E-state index contributed by atoms with van der Waals surface area (Å²) in [6.07, 6.45) is -0.446. The Morgan fingerprint density at radius 3 is 1.89 bits per heavy atom. The number of esters is 1. The van der Waals surface area contributed by atoms with Crippen molar-refractivity contribution >= 4 is 29.7 Å². The van der Waals surface area contributed by atoms with Gasteiger partial charge in [-0.25, -0.2) is 9.59 Å². The average Bonchev–Trinajstić information content (AvgIpc) is 2.92. The number of hydrogen-bond acceptors (Lipinski definition) is 6. The third kappa shape index (κ3) is 9.11. The quantitative estimate of drug-likeness (QED) is 0.359. The van der Waals surface area contributed by atoms with Crippen molar-refractivity contribution in [2.45, 2.75) is 30.9 Å². The van der Waals surface area contributed by atoms with Gasteiger partial charge in [0, 0.05) is 17.9 Å². The lowest BCUT2D eigenvalue weighted by Gasteiger charge is -2.22. The molecule has 0 saturated heterocycles. The van der Waals surface area contributed by atoms with Crippen LogP contribution in [0.3, 0.4) is 0 Å². The number of thioether (sulfide) groups is 1. The monoisotopic (exact) mass is 506 g/mol. The van der Waals surface area contributed by atoms with Crippen molar-refractivity contribution in [2.24, 2.45) is 0 Å². The molecule has 3 aromatic rings. The van der Waals surface area contributed by atoms with E-state index < -0.39 is 30.1 Å². The zero-order valence-electron chi connectivity index (χ0n) is 20.1. The number of methoxy groups -OCH3 is 1. The molecule has 2 atom stereocenters. The number of hydrogen-bond donors (Lipinski definition) is 2. The van der Waals surface area contributed by atoms with Crippen molar-refractivity contribution < 1.29 is 23.9 Å². The van der Waals surface area contributed by atoms with Crippen molar-refractivity contribution in [3.05, 3.63) is 108 Å². The van der Waals surface area contributed by atoms with E-state index in [1.807, 2.05) is 91.0 Å². The zero-order chi connectivity index (χ0) is 25.6. The van der Waals surface area contributed by atoms with Crippen LogP contribution in [-0.4, -0.2) is 42.9 Å². The lowest BCUT2D eigenvalue weighted by molar-refractivity contribution is -0.145. The van der Waals surface area contributed by atoms with Crippen LogP contribution in [0.5, 0.6) is 0 Å². The predicted octanol–water partition coefficient (Wildman–Crippen LogP) is 4.12. The van der Waals surface area contributed by atoms with Crippen molar-refractivity contribution in [1.82, 2.24) is 10.6 Å². The molecular formula is C28H30N2O5S. The van der Waals surface area contributed by atoms with Crippen LogP contribution in [0.2, 0.25) is 0 Å². The van der Waals surface area contributed by atoms with Gasteiger partial charge in [0.2, 0.25) is 5.91 Å². The maximum atomic E-state index is 13.2. The molecule has 2 amide bonds. The van der Waals surface area contributed by atoms with Gasteiger partial charge in [0.1, 0.15) is 18.7 Å². The normalized spacial score (nSPS) is 12.1. The molecule has 36 heavy (non-hydrogen) atoms. The maximum absolute atomic E-state index is 13.2. The van der Waals surface area contributed by atoms with Crippen LogP contribution in [0.1, 0.15) is 16.7 Å². The molecule has 8 heteroatoms. The van der Waals surface area contributed by atoms with Crippen molar-refractivity contribution in [3.63, 3.8) is 0 Å². The van der Waals surface area contributed by atoms with Gasteiger partial charge in [0.25, 0.3) is 0 Å². The summed E-state index contributed by atoms with van der Waals surface area (Å²) in [4.78, 5) is 38.1. The molecule has 2 N–H and O–H groups in total. The zero-order valence-corrected chi connectivity index (χ0v) is 20.9. The number of carbonyl (C=O) groups is 3. The lowest BCUT2D eigenvalue weighted by atomic mass is 10.1. The van der Waals surface area contributed by atoms with E-state index in [1.165, 1.54) is 18.9 Å². The minimum Gasteiger partial charge on any atom is -0.467 e. The number of nitrogens with one attached hydrogen (secondary N) is 2. The first-order valence-corrected chi connectivity index (χ1v) is 12.7. The number of amides is 2. The summed E-state index contributed by atoms with van der Waals surface area (Å²) in [7, 11) is 1.28. The lowest BCUT2D eigenvalue weighted by Crippen LogP contribution is -2.53. The smallest absolute Gasteiger partial charge is 0.408 e. The molecule has 0 bridgehead atoms. The highest BCUT2D eigenvalue weighted by molar-refractivity contribution is 7.98. The SMILES string of the molecule is COC(=O)C(Cc1ccccc1)NC(=O)C(CSCc1ccccc1)NC(=O)OCc1ccccc1. The average molecular weight is 507 g/mol. The summed E-state index contributed by atoms with van der Waals surface area (Å²) < 4.78 is 10.2. The Balaban J connectivity index is 1.65. The highest BCUT2D eigenvalue weighted by Crippen LogP contribution is 2.14. The van der Waals surface area contributed by atoms with Crippen molar-refractivity contribution in [2.75, 3.05) is 12.9 Å². The Morgan fingerprint density at radius 2 is 1.31 bits per heavy atom. The van der Waals surface area contributed by atoms with E-state index >= 15 is 0 Å². The second kappa shape index (κ2) is 14.6. The summed E-state index contributed by atoms with van der Waals surface area (Å²) in [5.74, 6) is -0.0935. The Morgan fingerprint density at radius 1 is 0.750 bits per heavy atom. The Kier molecular flexibility index (Phi) is 10.9. The minimum atomic E-state index is -0.912. The fraction of sp³-hybridized carbons (Fsp3) is 0.250. The fourth-order valence-electron chi connectivity index (χ4n) is 3.42. The highest BCUT2D eigenvalue weighted by Gasteiger charge is 2.28. The topological polar surface area (TPSA) is 93.7 Å². The number of alkyl carbamates (subject to hydrolysis) is 1. The third-order valence-corrected chi connectivity index (χ3v) is 6.41. The molecule has 3 aromatic carbocycles. The van der Waals surface area contributed by atoms with Gasteiger partial charge in [-0.15, -0.1) is 0 Å². The van der Waals surface area contributed by atoms with Crippen LogP contribution in [0.4, 0.5) is 4.79 Å². The summed E-state index contributed by atoms with van der Waals surface area (Å²) >= 11 is 1.50. The molecule has 3 rings (SSSR count). The second-order valence-corrected chi connectivity index (χ2v) is 9.06. The molecule has 0 spiro atoms. The van der Waals surface area contributed by atoms with Crippen LogP contribution in [0.25, 0.3) is 0 Å². The molecule has 188 valence electrons. The van der Waals surface area contributed by atoms with E-state index in [-0.39, 0.29) is 13.0 Å². The molecule has 0 radical (unpaired) electrons. The molecule has 7 nitrogen and oxygen atoms in total. The Hall–Kier alpha value is -3.78. The van der Waals surface area contributed by atoms with Crippen LogP contribution in [-0.2, 0) is 37.8 Å². The van der Waals surface area contributed by atoms with Gasteiger partial charge >= 0.3 is 12.1 Å². The summed E-state index contributed by atoms with van der Waals surface area (Å²) in [6, 6.07) is 26.6. The van der Waals surface area contributed by atoms with Crippen LogP contribution >= 0.6 is 11.8 Å². The molecule has 0 fully saturated rings. The first-order chi connectivity index (χ1) is 17.5. The van der Waals surface area contributed by atoms with E-state index in [0.29, 0.717) is 11.5 Å². The minimum absolute atomic E-state index is 0.0803. The van der Waals surface area contributed by atoms with E-state index in [0.717, 1.165) is 16.7 Å². The number of ether oxygens (including phenoxy) is 2. The van der Waals surface area contributed by atoms with Gasteiger partial charge in [0.05, 0.1) is 7.11 Å². The number of carbonyl (C=O) groups excluding carboxylic acids is 3. The van der Waals surface area contributed by atoms with Gasteiger partial charge in [-0.2, -0.15) is 11.8 Å². The van der Waals surface area contributed by atoms with E-state index in [2.05, 4.69) is 10.6 Å². The van der Waals surface area contributed by atoms with E-state index in [9.17, 15) is 14.4 Å². The molecule has 2 unspecified atom stereocenters. The molecular weight excluding hydrogens is 476 g/mol. The molecule has 0 saturated carbocycles. The van der Waals surface area contributed by atoms with Gasteiger partial charge in [0.15, 0.2) is 0 Å². The maximum Gasteiger partial charge on any atom is 0.408 e. The Labute approximate surface area is 215 Å². The molecule has 0 heterocycles. The van der Waals surface area contributed by atoms with Crippen molar-refractivity contribution in [1.29, 1.82) is 0 Å². The highest BCUT2D eigenvalue weighted by atomic mass is 32.2. The summed E-state index contributed by atoms with van der Waals surface area (Å²) in [5, 5.41) is 5.40. The van der Waals surface area contributed by atoms with E-state index in [4.69, 9.17) is 9.47 Å². The summed E-state index contributed by atoms with van der Waals surface area (Å²) in [6.45, 7) is 0.0803. The number of benzene rings is 3. The summed E-state index contributed by atoms with van der Waals surface area (Å²) in [5.41, 5.74) is 2.81. The van der Waals surface area contributed by atoms with Crippen LogP contribution in [0, 0.1) is 0 Å². The van der Waals surface area contributed by atoms with Crippen molar-refractivity contribution in [3.8, 4) is 0 Å². The first kappa shape index (κ1) is 26.8. The van der Waals surface area contributed by atoms with Crippen LogP contribution < -0.4 is 10.6 Å². The third-order valence-electron chi connectivity index (χ3n) is 5.30. The van der Waals surface area contributed by atoms with E-state index in [1.54, 1.807) is 0 Å². The second-order valence-electron chi connectivity index (χ2n) is 8.03. The van der Waals surface area contributed by atoms with Crippen LogP contribution in [0.15, 0.2) is 91.0 Å². The predicted molar refractivity (Wildman–Crippen MR) is 140 cm³/mol. The molecule has 0 aromatic heterocycles. The van der Waals surface area contributed by atoms with Gasteiger partial charge in [-0.1, -0.05) is 91.0 Å². The molecule has 0 aliphatic carbocycles. The largest absolute Gasteiger partial charge is 0.467 e. The standard InChI is InChI=1S/C28H30N2O5S/c1-34-27(32)24(17-21-11-5-2-6-12-21)29-26(31)25(20-36-19-23-15-9-4-10-16-23)30-28(33)35-18-22-13-7-3-8-14-22/h2-16,24-25H,17-20H2,1H3,(H,29,31)(H,30,33). The number of rotatable bonds is 12. The first-order valence-electron chi connectivity index (χ1n) is 11.6.